The van der Waals surface area contributed by atoms with Crippen LogP contribution in [-0.2, 0) is 16.6 Å². The predicted octanol–water partition coefficient (Wildman–Crippen LogP) is -0.709. The lowest BCUT2D eigenvalue weighted by Crippen LogP contribution is -2.19. The van der Waals surface area contributed by atoms with Crippen molar-refractivity contribution in [2.45, 2.75) is 24.6 Å². The van der Waals surface area contributed by atoms with Crippen LogP contribution < -0.4 is 10.5 Å². The van der Waals surface area contributed by atoms with Crippen molar-refractivity contribution in [1.29, 1.82) is 0 Å². The summed E-state index contributed by atoms with van der Waals surface area (Å²) in [6.45, 7) is 2.17. The fraction of sp³-hybridized carbons (Fsp3) is 0.375. The Balaban J connectivity index is 1.97. The molecule has 0 aromatic carbocycles. The number of nitrogens with two attached hydrogens (primary N) is 1. The lowest BCUT2D eigenvalue weighted by molar-refractivity contribution is 0.391. The van der Waals surface area contributed by atoms with Crippen LogP contribution in [0, 0.1) is 0 Å². The number of hydrogen-bond acceptors (Lipinski definition) is 7. The highest BCUT2D eigenvalue weighted by molar-refractivity contribution is 7.89. The van der Waals surface area contributed by atoms with Gasteiger partial charge in [-0.25, -0.2) is 13.6 Å². The lowest BCUT2D eigenvalue weighted by atomic mass is 10.3. The summed E-state index contributed by atoms with van der Waals surface area (Å²) in [7, 11) is -3.80. The summed E-state index contributed by atoms with van der Waals surface area (Å²) in [6, 6.07) is 2.70. The normalized spacial score (nSPS) is 13.7. The van der Waals surface area contributed by atoms with Gasteiger partial charge in [0.1, 0.15) is 5.76 Å². The summed E-state index contributed by atoms with van der Waals surface area (Å²) in [4.78, 5) is 0. The molecule has 2 aromatic heterocycles. The van der Waals surface area contributed by atoms with Crippen molar-refractivity contribution in [3.05, 3.63) is 23.7 Å². The van der Waals surface area contributed by atoms with Crippen molar-refractivity contribution in [1.82, 2.24) is 25.9 Å². The summed E-state index contributed by atoms with van der Waals surface area (Å²) in [5.41, 5.74) is 0. The van der Waals surface area contributed by atoms with Crippen LogP contribution >= 0.6 is 0 Å². The molecule has 0 saturated heterocycles. The van der Waals surface area contributed by atoms with Gasteiger partial charge in [0.05, 0.1) is 12.6 Å². The van der Waals surface area contributed by atoms with E-state index in [-0.39, 0.29) is 11.1 Å². The number of nitrogens with zero attached hydrogens (tertiary/aromatic N) is 3. The second kappa shape index (κ2) is 4.84. The maximum absolute atomic E-state index is 11.0. The zero-order chi connectivity index (χ0) is 13.2. The quantitative estimate of drug-likeness (QED) is 0.653. The lowest BCUT2D eigenvalue weighted by Gasteiger charge is -2.07. The van der Waals surface area contributed by atoms with Crippen molar-refractivity contribution in [2.24, 2.45) is 5.14 Å². The van der Waals surface area contributed by atoms with Crippen LogP contribution in [0.4, 0.5) is 0 Å². The molecule has 0 radical (unpaired) electrons. The fourth-order valence-corrected chi connectivity index (χ4v) is 1.79. The van der Waals surface area contributed by atoms with Crippen molar-refractivity contribution in [3.8, 4) is 0 Å². The maximum atomic E-state index is 11.0. The second-order valence-corrected chi connectivity index (χ2v) is 5.13. The molecule has 98 valence electrons. The summed E-state index contributed by atoms with van der Waals surface area (Å²) in [5, 5.41) is 21.1. The number of tetrazole rings is 1. The van der Waals surface area contributed by atoms with Gasteiger partial charge < -0.3 is 9.73 Å². The van der Waals surface area contributed by atoms with Crippen molar-refractivity contribution in [3.63, 3.8) is 0 Å². The average Bonchev–Trinajstić information content (AvgIpc) is 2.96. The highest BCUT2D eigenvalue weighted by atomic mass is 32.2. The van der Waals surface area contributed by atoms with Crippen molar-refractivity contribution >= 4 is 10.0 Å². The topological polar surface area (TPSA) is 140 Å². The van der Waals surface area contributed by atoms with E-state index in [0.717, 1.165) is 0 Å². The SMILES string of the molecule is CC(NCc1ccc(S(N)(=O)=O)o1)c1nn[nH]n1. The number of H-pyrrole nitrogens is 1. The Morgan fingerprint density at radius 1 is 1.56 bits per heavy atom. The largest absolute Gasteiger partial charge is 0.447 e. The van der Waals surface area contributed by atoms with E-state index >= 15 is 0 Å². The third kappa shape index (κ3) is 2.91. The second-order valence-electron chi connectivity index (χ2n) is 3.64. The van der Waals surface area contributed by atoms with E-state index in [1.165, 1.54) is 12.1 Å². The van der Waals surface area contributed by atoms with Crippen molar-refractivity contribution < 1.29 is 12.8 Å². The molecule has 1 unspecified atom stereocenters. The van der Waals surface area contributed by atoms with Gasteiger partial charge in [0, 0.05) is 0 Å². The molecule has 0 aliphatic carbocycles. The van der Waals surface area contributed by atoms with Crippen LogP contribution in [0.3, 0.4) is 0 Å². The molecule has 0 amide bonds. The molecule has 0 fully saturated rings. The molecule has 4 N–H and O–H groups in total. The number of sulfonamides is 1. The predicted molar refractivity (Wildman–Crippen MR) is 59.5 cm³/mol. The minimum atomic E-state index is -3.80. The Labute approximate surface area is 103 Å². The van der Waals surface area contributed by atoms with Gasteiger partial charge >= 0.3 is 0 Å². The molecule has 18 heavy (non-hydrogen) atoms. The minimum Gasteiger partial charge on any atom is -0.447 e. The Hall–Kier alpha value is -1.78. The van der Waals surface area contributed by atoms with Crippen molar-refractivity contribution in [2.75, 3.05) is 0 Å². The first-order valence-electron chi connectivity index (χ1n) is 5.05. The third-order valence-corrected chi connectivity index (χ3v) is 3.03. The van der Waals surface area contributed by atoms with Gasteiger partial charge in [-0.05, 0) is 19.1 Å². The summed E-state index contributed by atoms with van der Waals surface area (Å²) >= 11 is 0. The number of nitrogens with one attached hydrogen (secondary N) is 2. The van der Waals surface area contributed by atoms with Gasteiger partial charge in [-0.3, -0.25) is 0 Å². The van der Waals surface area contributed by atoms with Crippen LogP contribution in [-0.4, -0.2) is 29.0 Å². The van der Waals surface area contributed by atoms with Gasteiger partial charge in [0.15, 0.2) is 5.82 Å². The molecule has 2 heterocycles. The Kier molecular flexibility index (Phi) is 3.41. The van der Waals surface area contributed by atoms with Crippen LogP contribution in [0.5, 0.6) is 0 Å². The van der Waals surface area contributed by atoms with E-state index in [4.69, 9.17) is 9.56 Å². The number of primary sulfonamides is 1. The Bertz CT molecular complexity index is 605. The molecule has 10 heteroatoms. The van der Waals surface area contributed by atoms with Gasteiger partial charge in [-0.1, -0.05) is 5.21 Å². The van der Waals surface area contributed by atoms with E-state index in [1.54, 1.807) is 0 Å². The van der Waals surface area contributed by atoms with Crippen LogP contribution in [0.2, 0.25) is 0 Å². The van der Waals surface area contributed by atoms with Crippen LogP contribution in [0.1, 0.15) is 24.6 Å². The maximum Gasteiger partial charge on any atom is 0.271 e. The molecular weight excluding hydrogens is 260 g/mol. The van der Waals surface area contributed by atoms with E-state index < -0.39 is 10.0 Å². The number of hydrogen-bond donors (Lipinski definition) is 3. The van der Waals surface area contributed by atoms with E-state index in [1.807, 2.05) is 6.92 Å². The van der Waals surface area contributed by atoms with Gasteiger partial charge in [0.2, 0.25) is 5.09 Å². The van der Waals surface area contributed by atoms with E-state index in [2.05, 4.69) is 25.9 Å². The van der Waals surface area contributed by atoms with Gasteiger partial charge in [-0.2, -0.15) is 5.21 Å². The minimum absolute atomic E-state index is 0.146. The number of aromatic amines is 1. The molecule has 9 nitrogen and oxygen atoms in total. The summed E-state index contributed by atoms with van der Waals surface area (Å²) < 4.78 is 27.1. The smallest absolute Gasteiger partial charge is 0.271 e. The molecule has 0 aliphatic rings. The van der Waals surface area contributed by atoms with Gasteiger partial charge in [0.25, 0.3) is 10.0 Å². The third-order valence-electron chi connectivity index (χ3n) is 2.25. The molecule has 0 bridgehead atoms. The summed E-state index contributed by atoms with van der Waals surface area (Å²) in [5.74, 6) is 0.961. The van der Waals surface area contributed by atoms with Crippen LogP contribution in [0.15, 0.2) is 21.6 Å². The molecular formula is C8H12N6O3S. The number of furan rings is 1. The Morgan fingerprint density at radius 3 is 2.89 bits per heavy atom. The molecule has 1 atom stereocenters. The van der Waals surface area contributed by atoms with E-state index in [0.29, 0.717) is 18.1 Å². The highest BCUT2D eigenvalue weighted by Crippen LogP contribution is 2.13. The zero-order valence-corrected chi connectivity index (χ0v) is 10.3. The standard InChI is InChI=1S/C8H12N6O3S/c1-5(8-11-13-14-12-8)10-4-6-2-3-7(17-6)18(9,15)16/h2-3,5,10H,4H2,1H3,(H2,9,15,16)(H,11,12,13,14). The number of rotatable bonds is 5. The fourth-order valence-electron chi connectivity index (χ4n) is 1.30. The Morgan fingerprint density at radius 2 is 2.33 bits per heavy atom. The molecule has 0 saturated carbocycles. The monoisotopic (exact) mass is 272 g/mol. The molecule has 0 spiro atoms. The van der Waals surface area contributed by atoms with Crippen LogP contribution in [0.25, 0.3) is 0 Å². The summed E-state index contributed by atoms with van der Waals surface area (Å²) in [6.07, 6.45) is 0. The first-order valence-corrected chi connectivity index (χ1v) is 6.59. The van der Waals surface area contributed by atoms with Gasteiger partial charge in [-0.15, -0.1) is 10.2 Å². The molecule has 2 aromatic rings. The molecule has 2 rings (SSSR count). The first kappa shape index (κ1) is 12.7. The highest BCUT2D eigenvalue weighted by Gasteiger charge is 2.14. The average molecular weight is 272 g/mol. The van der Waals surface area contributed by atoms with E-state index in [9.17, 15) is 8.42 Å². The molecule has 0 aliphatic heterocycles. The number of aromatic nitrogens is 4. The zero-order valence-electron chi connectivity index (χ0n) is 9.49. The first-order chi connectivity index (χ1) is 8.47.